The maximum atomic E-state index is 2.49. The number of aryl methyl sites for hydroxylation is 1. The second-order valence-electron chi connectivity index (χ2n) is 5.85. The molecule has 18 heavy (non-hydrogen) atoms. The van der Waals surface area contributed by atoms with E-state index in [1.165, 1.54) is 28.6 Å². The molecule has 1 aromatic heterocycles. The molecule has 0 N–H and O–H groups in total. The summed E-state index contributed by atoms with van der Waals surface area (Å²) in [5.74, 6) is 1.19. The summed E-state index contributed by atoms with van der Waals surface area (Å²) < 4.78 is 2.49. The topological polar surface area (TPSA) is 4.93 Å². The number of nitrogens with zero attached hydrogens (tertiary/aromatic N) is 1. The van der Waals surface area contributed by atoms with E-state index < -0.39 is 0 Å². The monoisotopic (exact) mass is 243 g/mol. The third kappa shape index (κ3) is 2.31. The normalized spacial score (nSPS) is 11.9. The molecule has 0 amide bonds. The van der Waals surface area contributed by atoms with Gasteiger partial charge in [0.1, 0.15) is 0 Å². The first-order valence-electron chi connectivity index (χ1n) is 7.17. The molecule has 1 nitrogen and oxygen atoms in total. The Morgan fingerprint density at radius 3 is 2.28 bits per heavy atom. The summed E-state index contributed by atoms with van der Waals surface area (Å²) >= 11 is 0. The third-order valence-electron chi connectivity index (χ3n) is 3.66. The number of aromatic nitrogens is 1. The molecule has 2 rings (SSSR count). The molecule has 0 saturated carbocycles. The molecule has 1 heteroatoms. The molecule has 0 atom stereocenters. The molecule has 0 bridgehead atoms. The van der Waals surface area contributed by atoms with Gasteiger partial charge >= 0.3 is 0 Å². The fourth-order valence-electron chi connectivity index (χ4n) is 2.62. The smallest absolute Gasteiger partial charge is 0.0482 e. The highest BCUT2D eigenvalue weighted by Crippen LogP contribution is 2.28. The van der Waals surface area contributed by atoms with Gasteiger partial charge in [0.05, 0.1) is 0 Å². The largest absolute Gasteiger partial charge is 0.344 e. The highest BCUT2D eigenvalue weighted by Gasteiger charge is 2.12. The van der Waals surface area contributed by atoms with Gasteiger partial charge in [-0.3, -0.25) is 0 Å². The van der Waals surface area contributed by atoms with Crippen molar-refractivity contribution in [3.63, 3.8) is 0 Å². The minimum Gasteiger partial charge on any atom is -0.344 e. The molecule has 0 radical (unpaired) electrons. The van der Waals surface area contributed by atoms with Gasteiger partial charge in [0.15, 0.2) is 0 Å². The van der Waals surface area contributed by atoms with E-state index in [1.54, 1.807) is 0 Å². The van der Waals surface area contributed by atoms with Gasteiger partial charge in [0, 0.05) is 23.1 Å². The first kappa shape index (κ1) is 13.2. The van der Waals surface area contributed by atoms with Gasteiger partial charge in [-0.25, -0.2) is 0 Å². The second-order valence-corrected chi connectivity index (χ2v) is 5.85. The van der Waals surface area contributed by atoms with Crippen LogP contribution in [-0.4, -0.2) is 4.57 Å². The summed E-state index contributed by atoms with van der Waals surface area (Å²) in [7, 11) is 0. The molecule has 0 spiro atoms. The van der Waals surface area contributed by atoms with Crippen LogP contribution in [0, 0.1) is 0 Å². The van der Waals surface area contributed by atoms with Gasteiger partial charge < -0.3 is 4.57 Å². The zero-order valence-corrected chi connectivity index (χ0v) is 12.3. The predicted molar refractivity (Wildman–Crippen MR) is 80.4 cm³/mol. The molecule has 0 aliphatic heterocycles. The van der Waals surface area contributed by atoms with E-state index in [0.29, 0.717) is 11.8 Å². The number of rotatable bonds is 4. The Morgan fingerprint density at radius 2 is 1.72 bits per heavy atom. The summed E-state index contributed by atoms with van der Waals surface area (Å²) in [6.07, 6.45) is 1.19. The van der Waals surface area contributed by atoms with Crippen LogP contribution in [0.15, 0.2) is 24.3 Å². The number of hydrogen-bond acceptors (Lipinski definition) is 0. The lowest BCUT2D eigenvalue weighted by atomic mass is 10.0. The quantitative estimate of drug-likeness (QED) is 0.687. The summed E-state index contributed by atoms with van der Waals surface area (Å²) in [5, 5.41) is 1.40. The molecule has 0 fully saturated rings. The van der Waals surface area contributed by atoms with Crippen LogP contribution in [0.4, 0.5) is 0 Å². The molecule has 0 unspecified atom stereocenters. The second kappa shape index (κ2) is 5.17. The minimum atomic E-state index is 0.589. The van der Waals surface area contributed by atoms with Crippen LogP contribution in [0.3, 0.4) is 0 Å². The average Bonchev–Trinajstić information content (AvgIpc) is 2.68. The Kier molecular flexibility index (Phi) is 3.79. The van der Waals surface area contributed by atoms with E-state index in [1.807, 2.05) is 0 Å². The van der Waals surface area contributed by atoms with Crippen molar-refractivity contribution in [2.24, 2.45) is 0 Å². The van der Waals surface area contributed by atoms with Crippen molar-refractivity contribution in [2.45, 2.75) is 59.4 Å². The highest BCUT2D eigenvalue weighted by molar-refractivity contribution is 5.82. The first-order valence-corrected chi connectivity index (χ1v) is 7.17. The maximum absolute atomic E-state index is 2.49. The predicted octanol–water partition coefficient (Wildman–Crippen LogP) is 5.30. The van der Waals surface area contributed by atoms with Gasteiger partial charge in [-0.05, 0) is 42.0 Å². The SMILES string of the molecule is CCCn1c(C(C)C)cc2cc(C(C)C)ccc21. The molecule has 1 heterocycles. The van der Waals surface area contributed by atoms with E-state index in [-0.39, 0.29) is 0 Å². The average molecular weight is 243 g/mol. The third-order valence-corrected chi connectivity index (χ3v) is 3.66. The fourth-order valence-corrected chi connectivity index (χ4v) is 2.62. The van der Waals surface area contributed by atoms with Crippen molar-refractivity contribution in [2.75, 3.05) is 0 Å². The molecular weight excluding hydrogens is 218 g/mol. The van der Waals surface area contributed by atoms with Crippen molar-refractivity contribution >= 4 is 10.9 Å². The highest BCUT2D eigenvalue weighted by atomic mass is 15.0. The summed E-state index contributed by atoms with van der Waals surface area (Å²) in [4.78, 5) is 0. The number of fused-ring (bicyclic) bond motifs is 1. The number of benzene rings is 1. The maximum Gasteiger partial charge on any atom is 0.0482 e. The van der Waals surface area contributed by atoms with E-state index in [9.17, 15) is 0 Å². The Balaban J connectivity index is 2.60. The lowest BCUT2D eigenvalue weighted by Crippen LogP contribution is -2.03. The van der Waals surface area contributed by atoms with Crippen LogP contribution in [0.1, 0.15) is 64.1 Å². The lowest BCUT2D eigenvalue weighted by molar-refractivity contribution is 0.641. The van der Waals surface area contributed by atoms with Crippen LogP contribution in [0.5, 0.6) is 0 Å². The Hall–Kier alpha value is -1.24. The molecule has 0 aliphatic rings. The van der Waals surface area contributed by atoms with Gasteiger partial charge in [0.2, 0.25) is 0 Å². The van der Waals surface area contributed by atoms with Crippen molar-refractivity contribution in [1.29, 1.82) is 0 Å². The van der Waals surface area contributed by atoms with Crippen LogP contribution >= 0.6 is 0 Å². The van der Waals surface area contributed by atoms with Crippen LogP contribution < -0.4 is 0 Å². The van der Waals surface area contributed by atoms with Gasteiger partial charge in [-0.1, -0.05) is 40.7 Å². The Bertz CT molecular complexity index is 532. The van der Waals surface area contributed by atoms with Crippen LogP contribution in [0.2, 0.25) is 0 Å². The molecule has 98 valence electrons. The Morgan fingerprint density at radius 1 is 1.00 bits per heavy atom. The molecule has 0 aliphatic carbocycles. The van der Waals surface area contributed by atoms with Crippen molar-refractivity contribution < 1.29 is 0 Å². The summed E-state index contributed by atoms with van der Waals surface area (Å²) in [5.41, 5.74) is 4.30. The van der Waals surface area contributed by atoms with Crippen LogP contribution in [-0.2, 0) is 6.54 Å². The number of hydrogen-bond donors (Lipinski definition) is 0. The summed E-state index contributed by atoms with van der Waals surface area (Å²) in [6, 6.07) is 9.31. The molecular formula is C17H25N. The van der Waals surface area contributed by atoms with Gasteiger partial charge in [0.25, 0.3) is 0 Å². The standard InChI is InChI=1S/C17H25N/c1-6-9-18-16-8-7-14(12(2)3)10-15(16)11-17(18)13(4)5/h7-8,10-13H,6,9H2,1-5H3. The van der Waals surface area contributed by atoms with Gasteiger partial charge in [-0.2, -0.15) is 0 Å². The van der Waals surface area contributed by atoms with Crippen molar-refractivity contribution in [3.05, 3.63) is 35.5 Å². The van der Waals surface area contributed by atoms with E-state index in [0.717, 1.165) is 6.54 Å². The zero-order chi connectivity index (χ0) is 13.3. The van der Waals surface area contributed by atoms with Crippen LogP contribution in [0.25, 0.3) is 10.9 Å². The minimum absolute atomic E-state index is 0.589. The van der Waals surface area contributed by atoms with Crippen molar-refractivity contribution in [3.8, 4) is 0 Å². The zero-order valence-electron chi connectivity index (χ0n) is 12.3. The van der Waals surface area contributed by atoms with E-state index >= 15 is 0 Å². The molecule has 0 saturated heterocycles. The first-order chi connectivity index (χ1) is 8.54. The molecule has 2 aromatic rings. The van der Waals surface area contributed by atoms with E-state index in [2.05, 4.69) is 63.5 Å². The summed E-state index contributed by atoms with van der Waals surface area (Å²) in [6.45, 7) is 12.4. The molecule has 1 aromatic carbocycles. The van der Waals surface area contributed by atoms with Gasteiger partial charge in [-0.15, -0.1) is 0 Å². The lowest BCUT2D eigenvalue weighted by Gasteiger charge is -2.12. The fraction of sp³-hybridized carbons (Fsp3) is 0.529. The Labute approximate surface area is 111 Å². The van der Waals surface area contributed by atoms with Crippen molar-refractivity contribution in [1.82, 2.24) is 4.57 Å². The van der Waals surface area contributed by atoms with E-state index in [4.69, 9.17) is 0 Å².